The van der Waals surface area contributed by atoms with Crippen LogP contribution >= 0.6 is 15.9 Å². The Bertz CT molecular complexity index is 1620. The van der Waals surface area contributed by atoms with Gasteiger partial charge in [0.05, 0.1) is 16.9 Å². The van der Waals surface area contributed by atoms with Crippen LogP contribution in [0.2, 0.25) is 0 Å². The minimum Gasteiger partial charge on any atom is -0.484 e. The fourth-order valence-corrected chi connectivity index (χ4v) is 3.95. The van der Waals surface area contributed by atoms with Gasteiger partial charge in [-0.05, 0) is 42.5 Å². The Morgan fingerprint density at radius 1 is 0.944 bits per heavy atom. The first-order valence-corrected chi connectivity index (χ1v) is 11.5. The van der Waals surface area contributed by atoms with Crippen molar-refractivity contribution in [2.45, 2.75) is 0 Å². The van der Waals surface area contributed by atoms with Crippen LogP contribution in [0.15, 0.2) is 86.6 Å². The van der Waals surface area contributed by atoms with Gasteiger partial charge in [0, 0.05) is 15.4 Å². The molecule has 2 amide bonds. The fourth-order valence-electron chi connectivity index (χ4n) is 3.59. The topological polar surface area (TPSA) is 142 Å². The Hall–Kier alpha value is -4.64. The average molecular weight is 548 g/mol. The van der Waals surface area contributed by atoms with Gasteiger partial charge >= 0.3 is 5.76 Å². The number of fused-ring (bicyclic) bond motifs is 1. The lowest BCUT2D eigenvalue weighted by Gasteiger charge is -2.09. The maximum absolute atomic E-state index is 13.1. The number of H-pyrrole nitrogens is 2. The lowest BCUT2D eigenvalue weighted by atomic mass is 10.1. The number of carbonyl (C=O) groups excluding carboxylic acids is 2. The second-order valence-corrected chi connectivity index (χ2v) is 8.61. The quantitative estimate of drug-likeness (QED) is 0.235. The third-order valence-corrected chi connectivity index (χ3v) is 5.71. The van der Waals surface area contributed by atoms with Crippen LogP contribution in [0, 0.1) is 0 Å². The van der Waals surface area contributed by atoms with E-state index in [1.165, 1.54) is 0 Å². The highest BCUT2D eigenvalue weighted by atomic mass is 79.9. The van der Waals surface area contributed by atoms with E-state index >= 15 is 0 Å². The maximum atomic E-state index is 13.1. The number of ether oxygens (including phenoxy) is 1. The van der Waals surface area contributed by atoms with Crippen LogP contribution in [0.3, 0.4) is 0 Å². The molecule has 0 aliphatic rings. The van der Waals surface area contributed by atoms with E-state index in [9.17, 15) is 14.4 Å². The molecule has 2 heterocycles. The predicted molar refractivity (Wildman–Crippen MR) is 137 cm³/mol. The number of anilines is 2. The van der Waals surface area contributed by atoms with E-state index in [-0.39, 0.29) is 24.0 Å². The van der Waals surface area contributed by atoms with Gasteiger partial charge in [-0.2, -0.15) is 0 Å². The van der Waals surface area contributed by atoms with Crippen molar-refractivity contribution in [2.75, 3.05) is 17.2 Å². The normalized spacial score (nSPS) is 10.8. The second-order valence-electron chi connectivity index (χ2n) is 7.69. The highest BCUT2D eigenvalue weighted by Gasteiger charge is 2.17. The van der Waals surface area contributed by atoms with Gasteiger partial charge in [-0.15, -0.1) is 0 Å². The molecule has 0 atom stereocenters. The molecule has 36 heavy (non-hydrogen) atoms. The SMILES string of the molecule is O=C(COc1ccccc1)Nc1cccc2cc(C(=O)Nc3ccc(Br)cc3-c3noc(=O)[nH]3)[nH]c12. The van der Waals surface area contributed by atoms with E-state index in [0.717, 1.165) is 9.86 Å². The van der Waals surface area contributed by atoms with Gasteiger partial charge in [-0.25, -0.2) is 4.79 Å². The number of hydrogen-bond acceptors (Lipinski definition) is 6. The van der Waals surface area contributed by atoms with Crippen molar-refractivity contribution in [2.24, 2.45) is 0 Å². The van der Waals surface area contributed by atoms with E-state index in [0.29, 0.717) is 28.2 Å². The summed E-state index contributed by atoms with van der Waals surface area (Å²) in [5.74, 6) is -0.706. The van der Waals surface area contributed by atoms with Crippen LogP contribution in [0.5, 0.6) is 5.75 Å². The van der Waals surface area contributed by atoms with Crippen molar-refractivity contribution in [1.82, 2.24) is 15.1 Å². The summed E-state index contributed by atoms with van der Waals surface area (Å²) in [7, 11) is 0. The molecule has 0 spiro atoms. The maximum Gasteiger partial charge on any atom is 0.439 e. The summed E-state index contributed by atoms with van der Waals surface area (Å²) in [6.45, 7) is -0.162. The van der Waals surface area contributed by atoms with Crippen LogP contribution in [0.25, 0.3) is 22.3 Å². The van der Waals surface area contributed by atoms with Crippen LogP contribution in [-0.4, -0.2) is 33.5 Å². The number of rotatable bonds is 7. The number of hydrogen-bond donors (Lipinski definition) is 4. The summed E-state index contributed by atoms with van der Waals surface area (Å²) < 4.78 is 10.8. The molecule has 4 N–H and O–H groups in total. The van der Waals surface area contributed by atoms with Crippen molar-refractivity contribution >= 4 is 50.0 Å². The van der Waals surface area contributed by atoms with Crippen molar-refractivity contribution in [3.63, 3.8) is 0 Å². The van der Waals surface area contributed by atoms with Crippen LogP contribution < -0.4 is 21.1 Å². The molecule has 0 unspecified atom stereocenters. The first-order valence-electron chi connectivity index (χ1n) is 10.7. The van der Waals surface area contributed by atoms with E-state index in [1.54, 1.807) is 48.5 Å². The predicted octanol–water partition coefficient (Wildman–Crippen LogP) is 4.54. The summed E-state index contributed by atoms with van der Waals surface area (Å²) in [5, 5.41) is 10.1. The Morgan fingerprint density at radius 3 is 2.56 bits per heavy atom. The number of nitrogens with zero attached hydrogens (tertiary/aromatic N) is 1. The van der Waals surface area contributed by atoms with Crippen LogP contribution in [-0.2, 0) is 4.79 Å². The zero-order valence-electron chi connectivity index (χ0n) is 18.5. The first kappa shape index (κ1) is 23.1. The first-order chi connectivity index (χ1) is 17.5. The number of amides is 2. The standard InChI is InChI=1S/C25H18BrN5O5/c26-15-9-10-18(17(12-15)23-30-25(34)36-31-23)29-24(33)20-11-14-5-4-8-19(22(14)28-20)27-21(32)13-35-16-6-2-1-3-7-16/h1-12,28H,13H2,(H,27,32)(H,29,33)(H,30,31,34). The van der Waals surface area contributed by atoms with Crippen molar-refractivity contribution < 1.29 is 18.8 Å². The van der Waals surface area contributed by atoms with E-state index in [1.807, 2.05) is 24.3 Å². The van der Waals surface area contributed by atoms with Gasteiger partial charge in [0.15, 0.2) is 12.4 Å². The lowest BCUT2D eigenvalue weighted by Crippen LogP contribution is -2.20. The summed E-state index contributed by atoms with van der Waals surface area (Å²) in [6, 6.07) is 21.2. The monoisotopic (exact) mass is 547 g/mol. The molecule has 0 radical (unpaired) electrons. The number of halogens is 1. The molecule has 11 heteroatoms. The molecular weight excluding hydrogens is 530 g/mol. The molecule has 0 fully saturated rings. The molecule has 0 aliphatic carbocycles. The highest BCUT2D eigenvalue weighted by molar-refractivity contribution is 9.10. The summed E-state index contributed by atoms with van der Waals surface area (Å²) in [6.07, 6.45) is 0. The fraction of sp³-hybridized carbons (Fsp3) is 0.0400. The van der Waals surface area contributed by atoms with E-state index < -0.39 is 11.7 Å². The third-order valence-electron chi connectivity index (χ3n) is 5.21. The number of aromatic nitrogens is 3. The number of para-hydroxylation sites is 2. The number of nitrogens with one attached hydrogen (secondary N) is 4. The molecule has 2 aromatic heterocycles. The Kier molecular flexibility index (Phi) is 6.37. The Labute approximate surface area is 211 Å². The molecular formula is C25H18BrN5O5. The molecule has 3 aromatic carbocycles. The number of aromatic amines is 2. The van der Waals surface area contributed by atoms with Gasteiger partial charge < -0.3 is 20.4 Å². The van der Waals surface area contributed by atoms with Crippen molar-refractivity contribution in [3.05, 3.63) is 93.5 Å². The van der Waals surface area contributed by atoms with Crippen LogP contribution in [0.4, 0.5) is 11.4 Å². The molecule has 180 valence electrons. The Morgan fingerprint density at radius 2 is 1.78 bits per heavy atom. The molecule has 0 bridgehead atoms. The second kappa shape index (κ2) is 9.92. The molecule has 0 saturated heterocycles. The summed E-state index contributed by atoms with van der Waals surface area (Å²) in [5.41, 5.74) is 2.25. The lowest BCUT2D eigenvalue weighted by molar-refractivity contribution is -0.118. The van der Waals surface area contributed by atoms with Gasteiger partial charge in [0.2, 0.25) is 0 Å². The molecule has 5 rings (SSSR count). The highest BCUT2D eigenvalue weighted by Crippen LogP contribution is 2.29. The molecule has 0 saturated carbocycles. The molecule has 0 aliphatic heterocycles. The number of carbonyl (C=O) groups is 2. The van der Waals surface area contributed by atoms with Gasteiger partial charge in [-0.3, -0.25) is 19.1 Å². The average Bonchev–Trinajstić information content (AvgIpc) is 3.51. The minimum atomic E-state index is -0.707. The van der Waals surface area contributed by atoms with Gasteiger partial charge in [0.1, 0.15) is 11.4 Å². The van der Waals surface area contributed by atoms with E-state index in [4.69, 9.17) is 4.74 Å². The molecule has 10 nitrogen and oxygen atoms in total. The van der Waals surface area contributed by atoms with E-state index in [2.05, 4.69) is 46.2 Å². The largest absolute Gasteiger partial charge is 0.484 e. The van der Waals surface area contributed by atoms with Crippen molar-refractivity contribution in [1.29, 1.82) is 0 Å². The zero-order chi connectivity index (χ0) is 25.1. The smallest absolute Gasteiger partial charge is 0.439 e. The Balaban J connectivity index is 1.35. The van der Waals surface area contributed by atoms with Gasteiger partial charge in [0.25, 0.3) is 11.8 Å². The zero-order valence-corrected chi connectivity index (χ0v) is 20.1. The molecule has 5 aromatic rings. The number of benzene rings is 3. The summed E-state index contributed by atoms with van der Waals surface area (Å²) >= 11 is 3.37. The van der Waals surface area contributed by atoms with Crippen LogP contribution in [0.1, 0.15) is 10.5 Å². The third kappa shape index (κ3) is 5.05. The van der Waals surface area contributed by atoms with Crippen molar-refractivity contribution in [3.8, 4) is 17.1 Å². The summed E-state index contributed by atoms with van der Waals surface area (Å²) in [4.78, 5) is 42.5. The minimum absolute atomic E-state index is 0.162. The van der Waals surface area contributed by atoms with Gasteiger partial charge in [-0.1, -0.05) is 51.4 Å².